The average molecular weight is 274 g/mol. The third kappa shape index (κ3) is 4.09. The van der Waals surface area contributed by atoms with Crippen LogP contribution >= 0.6 is 0 Å². The van der Waals surface area contributed by atoms with Crippen LogP contribution in [0.5, 0.6) is 0 Å². The largest absolute Gasteiger partial charge is 0.473 e. The maximum Gasteiger partial charge on any atom is 0.414 e. The molecule has 2 bridgehead atoms. The molecule has 2 fully saturated rings. The lowest BCUT2D eigenvalue weighted by atomic mass is 9.96. The molecule has 0 saturated carbocycles. The molecule has 2 heterocycles. The molecule has 0 spiro atoms. The molecule has 0 aromatic rings. The van der Waals surface area contributed by atoms with E-state index in [2.05, 4.69) is 4.90 Å². The molecule has 108 valence electrons. The standard InChI is InChI=1S/C9H16N2O2.C2H2O4/c1-10(9(12)13)8-6-11-4-2-3-7(8)5-11;3-1(4)2(5)6/h7-8H,2-6H2,1H3,(H,12,13);(H,3,4)(H,5,6). The van der Waals surface area contributed by atoms with Crippen LogP contribution in [0.3, 0.4) is 0 Å². The van der Waals surface area contributed by atoms with E-state index < -0.39 is 18.0 Å². The van der Waals surface area contributed by atoms with E-state index in [1.54, 1.807) is 7.05 Å². The fraction of sp³-hybridized carbons (Fsp3) is 0.727. The molecule has 8 nitrogen and oxygen atoms in total. The molecule has 3 unspecified atom stereocenters. The van der Waals surface area contributed by atoms with E-state index in [1.165, 1.54) is 17.7 Å². The summed E-state index contributed by atoms with van der Waals surface area (Å²) in [5.74, 6) is -3.07. The SMILES string of the molecule is CN(C(=O)O)C1CN2CCCC1C2.O=C(O)C(=O)O. The van der Waals surface area contributed by atoms with Gasteiger partial charge in [-0.25, -0.2) is 14.4 Å². The molecule has 2 rings (SSSR count). The van der Waals surface area contributed by atoms with Crippen LogP contribution in [-0.4, -0.2) is 75.9 Å². The van der Waals surface area contributed by atoms with Gasteiger partial charge in [0.2, 0.25) is 0 Å². The molecule has 0 aromatic heterocycles. The topological polar surface area (TPSA) is 118 Å². The number of amides is 1. The van der Waals surface area contributed by atoms with Gasteiger partial charge >= 0.3 is 18.0 Å². The second kappa shape index (κ2) is 6.37. The highest BCUT2D eigenvalue weighted by molar-refractivity contribution is 6.27. The van der Waals surface area contributed by atoms with Crippen molar-refractivity contribution in [2.75, 3.05) is 26.7 Å². The van der Waals surface area contributed by atoms with Crippen LogP contribution < -0.4 is 0 Å². The van der Waals surface area contributed by atoms with Gasteiger partial charge in [-0.2, -0.15) is 0 Å². The van der Waals surface area contributed by atoms with Crippen molar-refractivity contribution in [1.82, 2.24) is 9.80 Å². The van der Waals surface area contributed by atoms with E-state index in [0.717, 1.165) is 19.6 Å². The summed E-state index contributed by atoms with van der Waals surface area (Å²) in [6.45, 7) is 3.19. The third-order valence-electron chi connectivity index (χ3n) is 3.51. The lowest BCUT2D eigenvalue weighted by molar-refractivity contribution is -0.159. The van der Waals surface area contributed by atoms with Crippen molar-refractivity contribution < 1.29 is 29.7 Å². The summed E-state index contributed by atoms with van der Waals surface area (Å²) in [5, 5.41) is 23.7. The van der Waals surface area contributed by atoms with Gasteiger partial charge in [-0.3, -0.25) is 0 Å². The van der Waals surface area contributed by atoms with Gasteiger partial charge < -0.3 is 25.1 Å². The van der Waals surface area contributed by atoms with Crippen LogP contribution in [0.15, 0.2) is 0 Å². The molecule has 19 heavy (non-hydrogen) atoms. The van der Waals surface area contributed by atoms with Gasteiger partial charge in [0.1, 0.15) is 0 Å². The third-order valence-corrected chi connectivity index (χ3v) is 3.51. The van der Waals surface area contributed by atoms with E-state index in [4.69, 9.17) is 24.9 Å². The highest BCUT2D eigenvalue weighted by Gasteiger charge is 2.38. The lowest BCUT2D eigenvalue weighted by Crippen LogP contribution is -2.40. The van der Waals surface area contributed by atoms with Crippen molar-refractivity contribution in [1.29, 1.82) is 0 Å². The number of carboxylic acids is 2. The summed E-state index contributed by atoms with van der Waals surface area (Å²) < 4.78 is 0. The number of piperidine rings is 1. The Labute approximate surface area is 110 Å². The number of aliphatic carboxylic acids is 2. The molecule has 3 atom stereocenters. The lowest BCUT2D eigenvalue weighted by Gasteiger charge is -2.26. The Morgan fingerprint density at radius 2 is 1.68 bits per heavy atom. The minimum absolute atomic E-state index is 0.236. The second-order valence-electron chi connectivity index (χ2n) is 4.73. The predicted molar refractivity (Wildman–Crippen MR) is 64.0 cm³/mol. The van der Waals surface area contributed by atoms with Crippen LogP contribution in [0.4, 0.5) is 4.79 Å². The summed E-state index contributed by atoms with van der Waals surface area (Å²) >= 11 is 0. The van der Waals surface area contributed by atoms with Crippen LogP contribution in [0.1, 0.15) is 12.8 Å². The van der Waals surface area contributed by atoms with Gasteiger partial charge in [-0.1, -0.05) is 0 Å². The maximum atomic E-state index is 10.8. The van der Waals surface area contributed by atoms with Gasteiger partial charge in [0.25, 0.3) is 0 Å². The molecule has 1 amide bonds. The van der Waals surface area contributed by atoms with Crippen molar-refractivity contribution in [2.45, 2.75) is 18.9 Å². The summed E-state index contributed by atoms with van der Waals surface area (Å²) in [7, 11) is 1.69. The number of fused-ring (bicyclic) bond motifs is 2. The Bertz CT molecular complexity index is 360. The van der Waals surface area contributed by atoms with Crippen molar-refractivity contribution in [3.63, 3.8) is 0 Å². The number of hydrogen-bond acceptors (Lipinski definition) is 4. The van der Waals surface area contributed by atoms with Gasteiger partial charge in [0.15, 0.2) is 0 Å². The molecule has 2 aliphatic rings. The van der Waals surface area contributed by atoms with E-state index in [9.17, 15) is 4.79 Å². The van der Waals surface area contributed by atoms with Gasteiger partial charge in [-0.05, 0) is 25.3 Å². The van der Waals surface area contributed by atoms with E-state index in [-0.39, 0.29) is 6.04 Å². The summed E-state index contributed by atoms with van der Waals surface area (Å²) in [5.41, 5.74) is 0. The normalized spacial score (nSPS) is 27.9. The first kappa shape index (κ1) is 15.2. The highest BCUT2D eigenvalue weighted by atomic mass is 16.4. The first-order chi connectivity index (χ1) is 8.82. The van der Waals surface area contributed by atoms with Gasteiger partial charge in [0.05, 0.1) is 6.04 Å². The molecule has 8 heteroatoms. The monoisotopic (exact) mass is 274 g/mol. The highest BCUT2D eigenvalue weighted by Crippen LogP contribution is 2.29. The zero-order chi connectivity index (χ0) is 14.6. The summed E-state index contributed by atoms with van der Waals surface area (Å²) in [6, 6.07) is 0.236. The zero-order valence-corrected chi connectivity index (χ0v) is 10.7. The van der Waals surface area contributed by atoms with E-state index in [0.29, 0.717) is 5.92 Å². The Morgan fingerprint density at radius 3 is 2.11 bits per heavy atom. The zero-order valence-electron chi connectivity index (χ0n) is 10.7. The molecule has 0 aromatic carbocycles. The second-order valence-corrected chi connectivity index (χ2v) is 4.73. The van der Waals surface area contributed by atoms with E-state index in [1.807, 2.05) is 0 Å². The molecular weight excluding hydrogens is 256 g/mol. The molecule has 0 radical (unpaired) electrons. The molecule has 3 N–H and O–H groups in total. The minimum Gasteiger partial charge on any atom is -0.473 e. The number of carbonyl (C=O) groups is 3. The van der Waals surface area contributed by atoms with Crippen molar-refractivity contribution in [3.05, 3.63) is 0 Å². The molecule has 2 saturated heterocycles. The van der Waals surface area contributed by atoms with Crippen molar-refractivity contribution >= 4 is 18.0 Å². The van der Waals surface area contributed by atoms with Crippen LogP contribution in [0.25, 0.3) is 0 Å². The maximum absolute atomic E-state index is 10.8. The van der Waals surface area contributed by atoms with Crippen LogP contribution in [0.2, 0.25) is 0 Å². The molecule has 0 aliphatic carbocycles. The Kier molecular flexibility index (Phi) is 5.11. The number of carboxylic acid groups (broad SMARTS) is 3. The fourth-order valence-corrected chi connectivity index (χ4v) is 2.57. The predicted octanol–water partition coefficient (Wildman–Crippen LogP) is -0.154. The van der Waals surface area contributed by atoms with Crippen molar-refractivity contribution in [3.8, 4) is 0 Å². The number of likely N-dealkylation sites (N-methyl/N-ethyl adjacent to an activating group) is 1. The van der Waals surface area contributed by atoms with Crippen LogP contribution in [-0.2, 0) is 9.59 Å². The Hall–Kier alpha value is -1.83. The Morgan fingerprint density at radius 1 is 1.11 bits per heavy atom. The van der Waals surface area contributed by atoms with E-state index >= 15 is 0 Å². The first-order valence-electron chi connectivity index (χ1n) is 5.97. The molecular formula is C11H18N2O6. The minimum atomic E-state index is -1.82. The summed E-state index contributed by atoms with van der Waals surface area (Å²) in [6.07, 6.45) is 1.63. The molecule has 2 aliphatic heterocycles. The van der Waals surface area contributed by atoms with Crippen molar-refractivity contribution in [2.24, 2.45) is 5.92 Å². The smallest absolute Gasteiger partial charge is 0.414 e. The fourth-order valence-electron chi connectivity index (χ4n) is 2.57. The number of hydrogen-bond donors (Lipinski definition) is 3. The Balaban J connectivity index is 0.000000258. The number of rotatable bonds is 1. The van der Waals surface area contributed by atoms with Gasteiger partial charge in [0, 0.05) is 20.1 Å². The van der Waals surface area contributed by atoms with Crippen LogP contribution in [0, 0.1) is 5.92 Å². The quantitative estimate of drug-likeness (QED) is 0.569. The average Bonchev–Trinajstić information content (AvgIpc) is 2.63. The number of nitrogens with zero attached hydrogens (tertiary/aromatic N) is 2. The first-order valence-corrected chi connectivity index (χ1v) is 5.97. The van der Waals surface area contributed by atoms with Gasteiger partial charge in [-0.15, -0.1) is 0 Å². The summed E-state index contributed by atoms with van der Waals surface area (Å²) in [4.78, 5) is 32.8.